The molecule has 0 aliphatic heterocycles. The van der Waals surface area contributed by atoms with E-state index in [0.717, 1.165) is 96.3 Å². The van der Waals surface area contributed by atoms with Crippen LogP contribution in [0.3, 0.4) is 0 Å². The Morgan fingerprint density at radius 1 is 0.439 bits per heavy atom. The molecule has 2 unspecified atom stereocenters. The number of rotatable bonds is 40. The lowest BCUT2D eigenvalue weighted by molar-refractivity contribution is -0.123. The van der Waals surface area contributed by atoms with Gasteiger partial charge in [0.2, 0.25) is 5.91 Å². The Hall–Kier alpha value is -3.21. The number of unbranched alkanes of at least 4 members (excludes halogenated alkanes) is 13. The topological polar surface area (TPSA) is 69.6 Å². The fraction of sp³-hybridized carbons (Fsp3) is 0.604. The lowest BCUT2D eigenvalue weighted by Gasteiger charge is -2.22. The summed E-state index contributed by atoms with van der Waals surface area (Å²) < 4.78 is 0. The number of amides is 1. The van der Waals surface area contributed by atoms with E-state index in [-0.39, 0.29) is 12.5 Å². The molecule has 0 spiro atoms. The maximum absolute atomic E-state index is 12.4. The Bertz CT molecular complexity index is 1160. The fourth-order valence-corrected chi connectivity index (χ4v) is 6.21. The Morgan fingerprint density at radius 3 is 1.12 bits per heavy atom. The van der Waals surface area contributed by atoms with E-state index in [0.29, 0.717) is 12.8 Å². The highest BCUT2D eigenvalue weighted by molar-refractivity contribution is 5.76. The number of hydrogen-bond donors (Lipinski definition) is 3. The average molecular weight is 786 g/mol. The molecule has 1 amide bonds. The van der Waals surface area contributed by atoms with E-state index in [1.807, 2.05) is 0 Å². The predicted octanol–water partition coefficient (Wildman–Crippen LogP) is 15.0. The summed E-state index contributed by atoms with van der Waals surface area (Å²) in [4.78, 5) is 12.4. The molecule has 0 aliphatic carbocycles. The Labute approximate surface area is 352 Å². The van der Waals surface area contributed by atoms with Gasteiger partial charge in [-0.25, -0.2) is 0 Å². The van der Waals surface area contributed by atoms with Crippen molar-refractivity contribution in [3.63, 3.8) is 0 Å². The summed E-state index contributed by atoms with van der Waals surface area (Å²) in [7, 11) is 0. The van der Waals surface area contributed by atoms with Crippen molar-refractivity contribution in [2.75, 3.05) is 6.61 Å². The van der Waals surface area contributed by atoms with Crippen LogP contribution in [0, 0.1) is 0 Å². The van der Waals surface area contributed by atoms with Gasteiger partial charge < -0.3 is 15.5 Å². The minimum Gasteiger partial charge on any atom is -0.394 e. The molecule has 322 valence electrons. The molecular formula is C53H87NO3. The smallest absolute Gasteiger partial charge is 0.220 e. The van der Waals surface area contributed by atoms with Gasteiger partial charge in [-0.3, -0.25) is 4.79 Å². The first-order valence-electron chi connectivity index (χ1n) is 23.2. The van der Waals surface area contributed by atoms with Gasteiger partial charge in [-0.15, -0.1) is 0 Å². The number of hydrogen-bond acceptors (Lipinski definition) is 3. The van der Waals surface area contributed by atoms with Gasteiger partial charge >= 0.3 is 0 Å². The first-order chi connectivity index (χ1) is 28.2. The summed E-state index contributed by atoms with van der Waals surface area (Å²) in [6, 6.07) is -0.567. The highest BCUT2D eigenvalue weighted by Gasteiger charge is 2.19. The third kappa shape index (κ3) is 43.8. The van der Waals surface area contributed by atoms with E-state index in [9.17, 15) is 15.0 Å². The zero-order valence-electron chi connectivity index (χ0n) is 36.8. The molecule has 0 rings (SSSR count). The van der Waals surface area contributed by atoms with Crippen LogP contribution in [0.25, 0.3) is 0 Å². The van der Waals surface area contributed by atoms with Crippen molar-refractivity contribution in [3.8, 4) is 0 Å². The van der Waals surface area contributed by atoms with Gasteiger partial charge in [0.15, 0.2) is 0 Å². The Morgan fingerprint density at radius 2 is 0.772 bits per heavy atom. The molecule has 0 bridgehead atoms. The van der Waals surface area contributed by atoms with Crippen molar-refractivity contribution < 1.29 is 15.0 Å². The van der Waals surface area contributed by atoms with Crippen molar-refractivity contribution in [2.45, 2.75) is 199 Å². The molecule has 3 N–H and O–H groups in total. The molecule has 0 fully saturated rings. The van der Waals surface area contributed by atoms with Crippen LogP contribution < -0.4 is 5.32 Å². The minimum atomic E-state index is -0.685. The summed E-state index contributed by atoms with van der Waals surface area (Å²) >= 11 is 0. The third-order valence-electron chi connectivity index (χ3n) is 9.74. The highest BCUT2D eigenvalue weighted by Crippen LogP contribution is 2.14. The molecule has 0 radical (unpaired) electrons. The molecule has 0 aromatic heterocycles. The number of carbonyl (C=O) groups excluding carboxylic acids is 1. The van der Waals surface area contributed by atoms with E-state index in [2.05, 4.69) is 141 Å². The molecule has 4 heteroatoms. The summed E-state index contributed by atoms with van der Waals surface area (Å²) in [6.45, 7) is 4.20. The molecule has 0 aromatic rings. The largest absolute Gasteiger partial charge is 0.394 e. The average Bonchev–Trinajstić information content (AvgIpc) is 3.22. The van der Waals surface area contributed by atoms with Crippen LogP contribution in [0.2, 0.25) is 0 Å². The standard InChI is InChI=1S/C53H87NO3/c1-3-5-7-9-11-13-15-17-18-19-20-21-22-23-24-25-26-27-28-29-30-31-32-33-34-35-36-37-39-41-43-45-47-49-53(57)54-51(50-55)52(56)48-46-44-42-40-38-16-14-12-10-8-6-4-2/h5,7,11,13,17-18,20-21,23-24,26-27,29-30,32-33,35-36,39,41,51-52,55-56H,3-4,6,8-10,12,14-16,19,22,25,28,31,34,37-38,40,42-50H2,1-2H3,(H,54,57)/b7-5-,13-11-,18-17-,21-20-,24-23-,27-26-,30-29-,33-32-,36-35-,41-39-. The van der Waals surface area contributed by atoms with Gasteiger partial charge in [0.05, 0.1) is 18.8 Å². The van der Waals surface area contributed by atoms with E-state index >= 15 is 0 Å². The van der Waals surface area contributed by atoms with Crippen LogP contribution in [-0.4, -0.2) is 34.9 Å². The zero-order valence-corrected chi connectivity index (χ0v) is 36.8. The lowest BCUT2D eigenvalue weighted by atomic mass is 10.0. The quantitative estimate of drug-likeness (QED) is 0.0428. The maximum Gasteiger partial charge on any atom is 0.220 e. The van der Waals surface area contributed by atoms with Crippen molar-refractivity contribution in [2.24, 2.45) is 0 Å². The SMILES string of the molecule is CC/C=C\C/C=C\C/C=C\C/C=C\C/C=C\C/C=C\C/C=C\C/C=C\C/C=C\C/C=C\CCCCC(=O)NC(CO)C(O)CCCCCCCCCCCCCC. The summed E-state index contributed by atoms with van der Waals surface area (Å²) in [6.07, 6.45) is 72.8. The molecule has 0 heterocycles. The van der Waals surface area contributed by atoms with Crippen LogP contribution in [0.15, 0.2) is 122 Å². The third-order valence-corrected chi connectivity index (χ3v) is 9.74. The maximum atomic E-state index is 12.4. The first-order valence-corrected chi connectivity index (χ1v) is 23.2. The van der Waals surface area contributed by atoms with E-state index in [1.54, 1.807) is 0 Å². The highest BCUT2D eigenvalue weighted by atomic mass is 16.3. The van der Waals surface area contributed by atoms with Gasteiger partial charge in [-0.05, 0) is 89.9 Å². The molecule has 0 aliphatic rings. The first kappa shape index (κ1) is 53.8. The van der Waals surface area contributed by atoms with E-state index in [4.69, 9.17) is 0 Å². The van der Waals surface area contributed by atoms with Crippen LogP contribution in [0.1, 0.15) is 187 Å². The van der Waals surface area contributed by atoms with Crippen molar-refractivity contribution in [1.29, 1.82) is 0 Å². The summed E-state index contributed by atoms with van der Waals surface area (Å²) in [5.41, 5.74) is 0. The Kier molecular flexibility index (Phi) is 44.5. The summed E-state index contributed by atoms with van der Waals surface area (Å²) in [5, 5.41) is 23.1. The zero-order chi connectivity index (χ0) is 41.4. The van der Waals surface area contributed by atoms with Crippen molar-refractivity contribution in [1.82, 2.24) is 5.32 Å². The number of nitrogens with one attached hydrogen (secondary N) is 1. The summed E-state index contributed by atoms with van der Waals surface area (Å²) in [5.74, 6) is -0.0804. The van der Waals surface area contributed by atoms with Gasteiger partial charge in [-0.2, -0.15) is 0 Å². The second-order valence-electron chi connectivity index (χ2n) is 15.1. The molecule has 2 atom stereocenters. The Balaban J connectivity index is 3.73. The van der Waals surface area contributed by atoms with Gasteiger partial charge in [-0.1, -0.05) is 212 Å². The second kappa shape index (κ2) is 47.2. The van der Waals surface area contributed by atoms with Gasteiger partial charge in [0.1, 0.15) is 0 Å². The molecule has 0 saturated carbocycles. The molecule has 0 aromatic carbocycles. The van der Waals surface area contributed by atoms with E-state index < -0.39 is 12.1 Å². The number of allylic oxidation sites excluding steroid dienone is 20. The fourth-order valence-electron chi connectivity index (χ4n) is 6.21. The second-order valence-corrected chi connectivity index (χ2v) is 15.1. The predicted molar refractivity (Wildman–Crippen MR) is 252 cm³/mol. The normalized spacial score (nSPS) is 14.1. The molecule has 0 saturated heterocycles. The van der Waals surface area contributed by atoms with Crippen LogP contribution in [0.5, 0.6) is 0 Å². The van der Waals surface area contributed by atoms with Crippen LogP contribution in [0.4, 0.5) is 0 Å². The number of aliphatic hydroxyl groups is 2. The number of aliphatic hydroxyl groups excluding tert-OH is 2. The molecule has 57 heavy (non-hydrogen) atoms. The van der Waals surface area contributed by atoms with Gasteiger partial charge in [0, 0.05) is 6.42 Å². The molecule has 4 nitrogen and oxygen atoms in total. The van der Waals surface area contributed by atoms with Gasteiger partial charge in [0.25, 0.3) is 0 Å². The van der Waals surface area contributed by atoms with E-state index in [1.165, 1.54) is 64.2 Å². The minimum absolute atomic E-state index is 0.0804. The van der Waals surface area contributed by atoms with Crippen LogP contribution in [-0.2, 0) is 4.79 Å². The lowest BCUT2D eigenvalue weighted by Crippen LogP contribution is -2.45. The molecular weight excluding hydrogens is 699 g/mol. The number of carbonyl (C=O) groups is 1. The van der Waals surface area contributed by atoms with Crippen molar-refractivity contribution >= 4 is 5.91 Å². The van der Waals surface area contributed by atoms with Crippen LogP contribution >= 0.6 is 0 Å². The monoisotopic (exact) mass is 786 g/mol. The van der Waals surface area contributed by atoms with Crippen molar-refractivity contribution in [3.05, 3.63) is 122 Å².